The molecule has 1 heterocycles. The van der Waals surface area contributed by atoms with Crippen LogP contribution in [0, 0.1) is 0 Å². The van der Waals surface area contributed by atoms with Crippen LogP contribution in [0.3, 0.4) is 0 Å². The first-order chi connectivity index (χ1) is 14.5. The summed E-state index contributed by atoms with van der Waals surface area (Å²) >= 11 is 0. The van der Waals surface area contributed by atoms with E-state index in [1.165, 1.54) is 22.3 Å². The zero-order chi connectivity index (χ0) is 21.4. The van der Waals surface area contributed by atoms with Gasteiger partial charge < -0.3 is 10.6 Å². The van der Waals surface area contributed by atoms with Crippen molar-refractivity contribution in [3.05, 3.63) is 83.4 Å². The maximum Gasteiger partial charge on any atom is 0.191 e. The van der Waals surface area contributed by atoms with E-state index in [2.05, 4.69) is 95.0 Å². The number of aromatic nitrogens is 3. The first-order valence-corrected chi connectivity index (χ1v) is 10.4. The highest BCUT2D eigenvalue weighted by Gasteiger charge is 2.20. The third-order valence-corrected chi connectivity index (χ3v) is 5.33. The van der Waals surface area contributed by atoms with Crippen molar-refractivity contribution in [1.29, 1.82) is 0 Å². The Balaban J connectivity index is 1.54. The van der Waals surface area contributed by atoms with Crippen LogP contribution < -0.4 is 10.6 Å². The van der Waals surface area contributed by atoms with Crippen LogP contribution >= 0.6 is 0 Å². The van der Waals surface area contributed by atoms with Gasteiger partial charge in [-0.25, -0.2) is 9.67 Å². The number of guanidine groups is 1. The normalized spacial score (nSPS) is 12.1. The number of rotatable bonds is 8. The summed E-state index contributed by atoms with van der Waals surface area (Å²) < 4.78 is 1.82. The molecule has 0 bridgehead atoms. The fourth-order valence-corrected chi connectivity index (χ4v) is 3.34. The standard InChI is InChI=1S/C24H32N6/c1-5-19-9-11-22(12-10-19)24(2,3)16-28-23(25-4)27-14-20-7-6-8-21(13-20)15-30-18-26-17-29-30/h6-13,17-18H,5,14-16H2,1-4H3,(H2,25,27,28). The molecule has 6 nitrogen and oxygen atoms in total. The van der Waals surface area contributed by atoms with Gasteiger partial charge in [0.05, 0.1) is 6.54 Å². The van der Waals surface area contributed by atoms with Crippen molar-refractivity contribution in [2.75, 3.05) is 13.6 Å². The molecular weight excluding hydrogens is 372 g/mol. The molecule has 2 N–H and O–H groups in total. The van der Waals surface area contributed by atoms with E-state index >= 15 is 0 Å². The molecule has 0 aliphatic heterocycles. The Morgan fingerprint density at radius 3 is 2.47 bits per heavy atom. The second-order valence-electron chi connectivity index (χ2n) is 8.13. The van der Waals surface area contributed by atoms with E-state index in [4.69, 9.17) is 0 Å². The van der Waals surface area contributed by atoms with Crippen molar-refractivity contribution in [2.45, 2.75) is 45.7 Å². The van der Waals surface area contributed by atoms with Crippen LogP contribution in [0.15, 0.2) is 66.2 Å². The smallest absolute Gasteiger partial charge is 0.191 e. The number of aryl methyl sites for hydroxylation is 1. The van der Waals surface area contributed by atoms with Gasteiger partial charge in [0.15, 0.2) is 5.96 Å². The van der Waals surface area contributed by atoms with Gasteiger partial charge in [0.1, 0.15) is 12.7 Å². The molecule has 0 radical (unpaired) electrons. The number of hydrogen-bond acceptors (Lipinski definition) is 3. The lowest BCUT2D eigenvalue weighted by atomic mass is 9.84. The van der Waals surface area contributed by atoms with E-state index in [0.29, 0.717) is 13.1 Å². The number of nitrogens with zero attached hydrogens (tertiary/aromatic N) is 4. The second-order valence-corrected chi connectivity index (χ2v) is 8.13. The molecule has 6 heteroatoms. The Labute approximate surface area is 179 Å². The van der Waals surface area contributed by atoms with Gasteiger partial charge in [-0.2, -0.15) is 5.10 Å². The summed E-state index contributed by atoms with van der Waals surface area (Å²) in [6.07, 6.45) is 4.35. The Morgan fingerprint density at radius 1 is 1.03 bits per heavy atom. The van der Waals surface area contributed by atoms with Crippen LogP contribution in [-0.2, 0) is 24.9 Å². The van der Waals surface area contributed by atoms with Crippen molar-refractivity contribution < 1.29 is 0 Å². The topological polar surface area (TPSA) is 67.1 Å². The zero-order valence-corrected chi connectivity index (χ0v) is 18.4. The van der Waals surface area contributed by atoms with Crippen LogP contribution in [-0.4, -0.2) is 34.3 Å². The maximum atomic E-state index is 4.38. The van der Waals surface area contributed by atoms with Crippen molar-refractivity contribution >= 4 is 5.96 Å². The first-order valence-electron chi connectivity index (χ1n) is 10.4. The molecule has 0 spiro atoms. The average molecular weight is 405 g/mol. The molecule has 0 saturated carbocycles. The molecule has 3 aromatic rings. The number of hydrogen-bond donors (Lipinski definition) is 2. The minimum Gasteiger partial charge on any atom is -0.356 e. The third-order valence-electron chi connectivity index (χ3n) is 5.33. The minimum atomic E-state index is 0.00159. The van der Waals surface area contributed by atoms with Gasteiger partial charge in [-0.3, -0.25) is 4.99 Å². The van der Waals surface area contributed by atoms with Gasteiger partial charge in [0, 0.05) is 25.6 Å². The predicted molar refractivity (Wildman–Crippen MR) is 123 cm³/mol. The maximum absolute atomic E-state index is 4.38. The fraction of sp³-hybridized carbons (Fsp3) is 0.375. The van der Waals surface area contributed by atoms with Crippen molar-refractivity contribution in [2.24, 2.45) is 4.99 Å². The van der Waals surface area contributed by atoms with Crippen LogP contribution in [0.25, 0.3) is 0 Å². The number of benzene rings is 2. The molecule has 0 atom stereocenters. The van der Waals surface area contributed by atoms with E-state index in [9.17, 15) is 0 Å². The van der Waals surface area contributed by atoms with Gasteiger partial charge in [0.25, 0.3) is 0 Å². The van der Waals surface area contributed by atoms with Crippen molar-refractivity contribution in [3.8, 4) is 0 Å². The van der Waals surface area contributed by atoms with Gasteiger partial charge in [-0.15, -0.1) is 0 Å². The average Bonchev–Trinajstić information content (AvgIpc) is 3.27. The highest BCUT2D eigenvalue weighted by molar-refractivity contribution is 5.79. The largest absolute Gasteiger partial charge is 0.356 e. The summed E-state index contributed by atoms with van der Waals surface area (Å²) in [5.74, 6) is 0.801. The lowest BCUT2D eigenvalue weighted by Gasteiger charge is -2.27. The molecule has 1 aromatic heterocycles. The third kappa shape index (κ3) is 5.92. The summed E-state index contributed by atoms with van der Waals surface area (Å²) in [6.45, 7) is 8.90. The van der Waals surface area contributed by atoms with Crippen LogP contribution in [0.1, 0.15) is 43.0 Å². The highest BCUT2D eigenvalue weighted by atomic mass is 15.3. The van der Waals surface area contributed by atoms with Gasteiger partial charge >= 0.3 is 0 Å². The predicted octanol–water partition coefficient (Wildman–Crippen LogP) is 3.53. The SMILES string of the molecule is CCc1ccc(C(C)(C)CNC(=NC)NCc2cccc(Cn3cncn3)c2)cc1. The Bertz CT molecular complexity index is 942. The number of nitrogens with one attached hydrogen (secondary N) is 2. The molecule has 3 rings (SSSR count). The lowest BCUT2D eigenvalue weighted by molar-refractivity contribution is 0.508. The monoisotopic (exact) mass is 404 g/mol. The highest BCUT2D eigenvalue weighted by Crippen LogP contribution is 2.22. The van der Waals surface area contributed by atoms with E-state index in [-0.39, 0.29) is 5.41 Å². The lowest BCUT2D eigenvalue weighted by Crippen LogP contribution is -2.43. The molecule has 0 fully saturated rings. The quantitative estimate of drug-likeness (QED) is 0.445. The summed E-state index contributed by atoms with van der Waals surface area (Å²) in [7, 11) is 1.81. The van der Waals surface area contributed by atoms with Crippen LogP contribution in [0.4, 0.5) is 0 Å². The molecular formula is C24H32N6. The minimum absolute atomic E-state index is 0.00159. The molecule has 2 aromatic carbocycles. The van der Waals surface area contributed by atoms with Gasteiger partial charge in [0.2, 0.25) is 0 Å². The molecule has 0 saturated heterocycles. The summed E-state index contributed by atoms with van der Waals surface area (Å²) in [5, 5.41) is 11.1. The first kappa shape index (κ1) is 21.6. The second kappa shape index (κ2) is 10.1. The van der Waals surface area contributed by atoms with Gasteiger partial charge in [-0.1, -0.05) is 69.3 Å². The molecule has 0 amide bonds. The van der Waals surface area contributed by atoms with E-state index in [1.807, 2.05) is 4.68 Å². The Hall–Kier alpha value is -3.15. The van der Waals surface area contributed by atoms with Crippen molar-refractivity contribution in [1.82, 2.24) is 25.4 Å². The van der Waals surface area contributed by atoms with Crippen LogP contribution in [0.2, 0.25) is 0 Å². The summed E-state index contributed by atoms with van der Waals surface area (Å²) in [4.78, 5) is 8.38. The fourth-order valence-electron chi connectivity index (χ4n) is 3.34. The molecule has 30 heavy (non-hydrogen) atoms. The Kier molecular flexibility index (Phi) is 7.22. The Morgan fingerprint density at radius 2 is 1.80 bits per heavy atom. The molecule has 0 aliphatic carbocycles. The molecule has 0 unspecified atom stereocenters. The van der Waals surface area contributed by atoms with E-state index in [1.54, 1.807) is 19.7 Å². The van der Waals surface area contributed by atoms with E-state index < -0.39 is 0 Å². The molecule has 0 aliphatic rings. The summed E-state index contributed by atoms with van der Waals surface area (Å²) in [5.41, 5.74) is 5.08. The number of aliphatic imine (C=N–C) groups is 1. The van der Waals surface area contributed by atoms with Crippen molar-refractivity contribution in [3.63, 3.8) is 0 Å². The molecule has 158 valence electrons. The summed E-state index contributed by atoms with van der Waals surface area (Å²) in [6, 6.07) is 17.4. The van der Waals surface area contributed by atoms with E-state index in [0.717, 1.165) is 18.9 Å². The van der Waals surface area contributed by atoms with Crippen LogP contribution in [0.5, 0.6) is 0 Å². The zero-order valence-electron chi connectivity index (χ0n) is 18.4. The van der Waals surface area contributed by atoms with Gasteiger partial charge in [-0.05, 0) is 28.7 Å².